The summed E-state index contributed by atoms with van der Waals surface area (Å²) < 4.78 is 20.3. The Morgan fingerprint density at radius 3 is 1.32 bits per heavy atom. The lowest BCUT2D eigenvalue weighted by atomic mass is 9.72. The second-order valence-electron chi connectivity index (χ2n) is 8.03. The highest BCUT2D eigenvalue weighted by molar-refractivity contribution is 5.36. The van der Waals surface area contributed by atoms with Crippen molar-refractivity contribution in [3.05, 3.63) is 71.8 Å². The Hall–Kier alpha value is -1.68. The molecular weight excluding hydrogens is 312 g/mol. The number of hydrogen-bond donors (Lipinski definition) is 0. The molecule has 0 spiro atoms. The molecule has 0 radical (unpaired) electrons. The van der Waals surface area contributed by atoms with Crippen molar-refractivity contribution in [2.75, 3.05) is 0 Å². The van der Waals surface area contributed by atoms with Crippen LogP contribution >= 0.6 is 0 Å². The molecule has 4 saturated heterocycles. The zero-order valence-corrected chi connectivity index (χ0v) is 15.2. The topological polar surface area (TPSA) is 27.7 Å². The summed E-state index contributed by atoms with van der Waals surface area (Å²) >= 11 is 0. The molecule has 0 amide bonds. The Morgan fingerprint density at radius 1 is 0.600 bits per heavy atom. The van der Waals surface area contributed by atoms with E-state index in [2.05, 4.69) is 52.0 Å². The van der Waals surface area contributed by atoms with Crippen LogP contribution in [0.25, 0.3) is 0 Å². The van der Waals surface area contributed by atoms with Gasteiger partial charge in [0.05, 0.1) is 0 Å². The maximum absolute atomic E-state index is 6.80. The van der Waals surface area contributed by atoms with Gasteiger partial charge in [-0.1, -0.05) is 74.5 Å². The molecule has 130 valence electrons. The largest absolute Gasteiger partial charge is 0.336 e. The van der Waals surface area contributed by atoms with Gasteiger partial charge in [0, 0.05) is 23.0 Å². The quantitative estimate of drug-likeness (QED) is 0.804. The number of hydrogen-bond acceptors (Lipinski definition) is 3. The zero-order chi connectivity index (χ0) is 17.5. The third kappa shape index (κ3) is 1.54. The van der Waals surface area contributed by atoms with Gasteiger partial charge in [-0.3, -0.25) is 0 Å². The van der Waals surface area contributed by atoms with Crippen molar-refractivity contribution in [3.63, 3.8) is 0 Å². The van der Waals surface area contributed by atoms with E-state index in [9.17, 15) is 0 Å². The van der Waals surface area contributed by atoms with Crippen LogP contribution < -0.4 is 0 Å². The third-order valence-corrected chi connectivity index (χ3v) is 7.16. The first-order chi connectivity index (χ1) is 11.9. The van der Waals surface area contributed by atoms with Crippen molar-refractivity contribution >= 4 is 0 Å². The molecule has 6 atom stereocenters. The monoisotopic (exact) mass is 336 g/mol. The highest BCUT2D eigenvalue weighted by atomic mass is 16.9. The van der Waals surface area contributed by atoms with E-state index in [-0.39, 0.29) is 11.8 Å². The Kier molecular flexibility index (Phi) is 2.82. The fourth-order valence-electron chi connectivity index (χ4n) is 5.29. The summed E-state index contributed by atoms with van der Waals surface area (Å²) in [5.74, 6) is -1.42. The fourth-order valence-corrected chi connectivity index (χ4v) is 5.29. The summed E-state index contributed by atoms with van der Waals surface area (Å²) in [6.45, 7) is 8.74. The molecule has 0 aromatic heterocycles. The highest BCUT2D eigenvalue weighted by Gasteiger charge is 2.84. The molecule has 4 fully saturated rings. The summed E-state index contributed by atoms with van der Waals surface area (Å²) in [5, 5.41) is 0. The van der Waals surface area contributed by atoms with Crippen LogP contribution in [0.4, 0.5) is 0 Å². The van der Waals surface area contributed by atoms with Gasteiger partial charge in [-0.25, -0.2) is 0 Å². The Bertz CT molecular complexity index is 752. The van der Waals surface area contributed by atoms with Crippen molar-refractivity contribution in [2.24, 2.45) is 11.8 Å². The lowest BCUT2D eigenvalue weighted by molar-refractivity contribution is -0.445. The van der Waals surface area contributed by atoms with Crippen LogP contribution in [0.3, 0.4) is 0 Å². The van der Waals surface area contributed by atoms with E-state index < -0.39 is 22.8 Å². The van der Waals surface area contributed by atoms with Gasteiger partial charge >= 0.3 is 0 Å². The molecule has 6 rings (SSSR count). The van der Waals surface area contributed by atoms with Gasteiger partial charge in [-0.15, -0.1) is 0 Å². The summed E-state index contributed by atoms with van der Waals surface area (Å²) in [6, 6.07) is 20.6. The molecular formula is C22H24O3. The van der Waals surface area contributed by atoms with Crippen LogP contribution in [0.1, 0.15) is 38.8 Å². The Morgan fingerprint density at radius 2 is 0.960 bits per heavy atom. The van der Waals surface area contributed by atoms with Gasteiger partial charge in [0.15, 0.2) is 0 Å². The van der Waals surface area contributed by atoms with Gasteiger partial charge in [-0.2, -0.15) is 0 Å². The standard InChI is InChI=1S/C22H24O3/c1-15-19(3)20(4)16(2)22(23-19,18-13-9-6-10-14-18)25-21(15,24-20)17-11-7-5-8-12-17/h5-16H,1-4H3/t15-,16-,19+,20+,21+,22+/m1/s1. The molecule has 4 heterocycles. The van der Waals surface area contributed by atoms with Crippen LogP contribution in [-0.4, -0.2) is 11.2 Å². The summed E-state index contributed by atoms with van der Waals surface area (Å²) in [5.41, 5.74) is 1.29. The zero-order valence-electron chi connectivity index (χ0n) is 15.2. The molecule has 25 heavy (non-hydrogen) atoms. The molecule has 2 aromatic carbocycles. The molecule has 4 bridgehead atoms. The fraction of sp³-hybridized carbons (Fsp3) is 0.455. The first-order valence-corrected chi connectivity index (χ1v) is 9.11. The molecule has 4 aliphatic rings. The van der Waals surface area contributed by atoms with Crippen LogP contribution in [-0.2, 0) is 25.8 Å². The molecule has 0 unspecified atom stereocenters. The average Bonchev–Trinajstić information content (AvgIpc) is 2.84. The second-order valence-corrected chi connectivity index (χ2v) is 8.03. The Labute approximate surface area is 148 Å². The molecule has 2 aromatic rings. The van der Waals surface area contributed by atoms with Gasteiger partial charge < -0.3 is 14.2 Å². The van der Waals surface area contributed by atoms with E-state index >= 15 is 0 Å². The highest BCUT2D eigenvalue weighted by Crippen LogP contribution is 2.74. The van der Waals surface area contributed by atoms with Gasteiger partial charge in [0.2, 0.25) is 11.6 Å². The first kappa shape index (κ1) is 15.6. The Balaban J connectivity index is 1.76. The van der Waals surface area contributed by atoms with E-state index in [0.29, 0.717) is 0 Å². The van der Waals surface area contributed by atoms with Crippen molar-refractivity contribution in [1.82, 2.24) is 0 Å². The summed E-state index contributed by atoms with van der Waals surface area (Å²) in [4.78, 5) is 0. The third-order valence-electron chi connectivity index (χ3n) is 7.16. The van der Waals surface area contributed by atoms with Crippen LogP contribution in [0.5, 0.6) is 0 Å². The maximum Gasteiger partial charge on any atom is 0.204 e. The van der Waals surface area contributed by atoms with E-state index in [0.717, 1.165) is 11.1 Å². The summed E-state index contributed by atoms with van der Waals surface area (Å²) in [7, 11) is 0. The van der Waals surface area contributed by atoms with Crippen molar-refractivity contribution in [1.29, 1.82) is 0 Å². The van der Waals surface area contributed by atoms with E-state index in [4.69, 9.17) is 14.2 Å². The van der Waals surface area contributed by atoms with Crippen molar-refractivity contribution in [2.45, 2.75) is 50.5 Å². The number of benzene rings is 2. The lowest BCUT2D eigenvalue weighted by Crippen LogP contribution is -2.56. The molecule has 3 heteroatoms. The molecule has 4 aliphatic heterocycles. The normalized spacial score (nSPS) is 47.4. The number of ether oxygens (including phenoxy) is 3. The van der Waals surface area contributed by atoms with Crippen LogP contribution in [0.2, 0.25) is 0 Å². The predicted molar refractivity (Wildman–Crippen MR) is 94.6 cm³/mol. The molecule has 0 saturated carbocycles. The van der Waals surface area contributed by atoms with E-state index in [1.807, 2.05) is 36.4 Å². The molecule has 3 nitrogen and oxygen atoms in total. The average molecular weight is 336 g/mol. The minimum Gasteiger partial charge on any atom is -0.336 e. The maximum atomic E-state index is 6.80. The van der Waals surface area contributed by atoms with Crippen molar-refractivity contribution < 1.29 is 14.2 Å². The minimum absolute atomic E-state index is 0.0780. The SMILES string of the molecule is C[C@H]1[C@@]2(c3ccccc3)O[C@@]3(c4ccccc4)O[C@]1(C)[C@@](C)(O2)[C@H]3C. The smallest absolute Gasteiger partial charge is 0.204 e. The first-order valence-electron chi connectivity index (χ1n) is 9.11. The van der Waals surface area contributed by atoms with Gasteiger partial charge in [0.25, 0.3) is 0 Å². The minimum atomic E-state index is -0.786. The summed E-state index contributed by atoms with van der Waals surface area (Å²) in [6.07, 6.45) is 0. The lowest BCUT2D eigenvalue weighted by Gasteiger charge is -2.52. The second kappa shape index (κ2) is 4.53. The van der Waals surface area contributed by atoms with Crippen molar-refractivity contribution in [3.8, 4) is 0 Å². The van der Waals surface area contributed by atoms with Gasteiger partial charge in [0.1, 0.15) is 11.2 Å². The number of rotatable bonds is 2. The van der Waals surface area contributed by atoms with E-state index in [1.165, 1.54) is 0 Å². The molecule has 0 aliphatic carbocycles. The van der Waals surface area contributed by atoms with E-state index in [1.54, 1.807) is 0 Å². The van der Waals surface area contributed by atoms with Crippen LogP contribution in [0, 0.1) is 11.8 Å². The predicted octanol–water partition coefficient (Wildman–Crippen LogP) is 4.57. The van der Waals surface area contributed by atoms with Crippen LogP contribution in [0.15, 0.2) is 60.7 Å². The van der Waals surface area contributed by atoms with Gasteiger partial charge in [-0.05, 0) is 13.8 Å². The molecule has 0 N–H and O–H groups in total.